The van der Waals surface area contributed by atoms with E-state index in [1.807, 2.05) is 4.90 Å². The van der Waals surface area contributed by atoms with Crippen molar-refractivity contribution in [2.75, 3.05) is 19.8 Å². The van der Waals surface area contributed by atoms with Crippen LogP contribution in [0.1, 0.15) is 23.7 Å². The van der Waals surface area contributed by atoms with Gasteiger partial charge in [-0.25, -0.2) is 0 Å². The Labute approximate surface area is 106 Å². The van der Waals surface area contributed by atoms with E-state index in [-0.39, 0.29) is 11.9 Å². The lowest BCUT2D eigenvalue weighted by molar-refractivity contribution is -0.00281. The Kier molecular flexibility index (Phi) is 3.97. The molecule has 0 bridgehead atoms. The predicted molar refractivity (Wildman–Crippen MR) is 65.2 cm³/mol. The van der Waals surface area contributed by atoms with Crippen LogP contribution in [0.3, 0.4) is 0 Å². The molecule has 17 heavy (non-hydrogen) atoms. The third-order valence-corrected chi connectivity index (χ3v) is 3.12. The van der Waals surface area contributed by atoms with Crippen molar-refractivity contribution in [3.63, 3.8) is 0 Å². The molecule has 1 saturated heterocycles. The average Bonchev–Trinajstić information content (AvgIpc) is 2.38. The summed E-state index contributed by atoms with van der Waals surface area (Å²) in [6, 6.07) is 1.80. The van der Waals surface area contributed by atoms with Gasteiger partial charge in [-0.3, -0.25) is 9.78 Å². The van der Waals surface area contributed by atoms with Crippen molar-refractivity contribution in [1.82, 2.24) is 9.88 Å². The molecule has 0 aromatic carbocycles. The maximum Gasteiger partial charge on any atom is 0.255 e. The minimum atomic E-state index is -0.0184. The normalized spacial score (nSPS) is 20.4. The van der Waals surface area contributed by atoms with Crippen LogP contribution in [0.2, 0.25) is 5.02 Å². The number of halogens is 1. The molecule has 0 aliphatic carbocycles. The molecule has 0 N–H and O–H groups in total. The first-order valence-electron chi connectivity index (χ1n) is 5.71. The second-order valence-corrected chi connectivity index (χ2v) is 4.46. The van der Waals surface area contributed by atoms with E-state index >= 15 is 0 Å². The highest BCUT2D eigenvalue weighted by Gasteiger charge is 2.26. The lowest BCUT2D eigenvalue weighted by atomic mass is 10.1. The van der Waals surface area contributed by atoms with Gasteiger partial charge < -0.3 is 9.64 Å². The number of rotatable bonds is 2. The smallest absolute Gasteiger partial charge is 0.255 e. The zero-order valence-electron chi connectivity index (χ0n) is 9.73. The Bertz CT molecular complexity index is 411. The third-order valence-electron chi connectivity index (χ3n) is 2.91. The molecule has 1 atom stereocenters. The standard InChI is InChI=1S/C12H15ClN2O2/c1-2-11-8-17-4-3-15(11)12(16)9-5-10(13)7-14-6-9/h5-7,11H,2-4,8H2,1H3/t11-/m0/s1. The minimum Gasteiger partial charge on any atom is -0.377 e. The summed E-state index contributed by atoms with van der Waals surface area (Å²) >= 11 is 5.84. The predicted octanol–water partition coefficient (Wildman–Crippen LogP) is 1.99. The summed E-state index contributed by atoms with van der Waals surface area (Å²) in [5.74, 6) is -0.0184. The fourth-order valence-electron chi connectivity index (χ4n) is 1.96. The first-order valence-corrected chi connectivity index (χ1v) is 6.09. The topological polar surface area (TPSA) is 42.4 Å². The molecule has 1 amide bonds. The summed E-state index contributed by atoms with van der Waals surface area (Å²) in [5.41, 5.74) is 0.540. The van der Waals surface area contributed by atoms with E-state index in [0.717, 1.165) is 6.42 Å². The van der Waals surface area contributed by atoms with Crippen LogP contribution in [0, 0.1) is 0 Å². The number of hydrogen-bond donors (Lipinski definition) is 0. The third kappa shape index (κ3) is 2.76. The molecule has 0 unspecified atom stereocenters. The number of carbonyl (C=O) groups excluding carboxylic acids is 1. The largest absolute Gasteiger partial charge is 0.377 e. The fourth-order valence-corrected chi connectivity index (χ4v) is 2.13. The monoisotopic (exact) mass is 254 g/mol. The van der Waals surface area contributed by atoms with Gasteiger partial charge in [0.25, 0.3) is 5.91 Å². The van der Waals surface area contributed by atoms with Crippen molar-refractivity contribution in [3.05, 3.63) is 29.0 Å². The minimum absolute atomic E-state index is 0.0184. The Balaban J connectivity index is 2.18. The summed E-state index contributed by atoms with van der Waals surface area (Å²) in [5, 5.41) is 0.483. The first-order chi connectivity index (χ1) is 8.22. The average molecular weight is 255 g/mol. The number of ether oxygens (including phenoxy) is 1. The van der Waals surface area contributed by atoms with Crippen LogP contribution >= 0.6 is 11.6 Å². The molecule has 5 heteroatoms. The lowest BCUT2D eigenvalue weighted by Gasteiger charge is -2.35. The van der Waals surface area contributed by atoms with Gasteiger partial charge >= 0.3 is 0 Å². The summed E-state index contributed by atoms with van der Waals surface area (Å²) in [6.07, 6.45) is 3.96. The van der Waals surface area contributed by atoms with Gasteiger partial charge in [-0.1, -0.05) is 18.5 Å². The second kappa shape index (κ2) is 5.47. The van der Waals surface area contributed by atoms with Crippen LogP contribution in [0.25, 0.3) is 0 Å². The van der Waals surface area contributed by atoms with E-state index in [9.17, 15) is 4.79 Å². The summed E-state index contributed by atoms with van der Waals surface area (Å²) < 4.78 is 5.38. The molecule has 2 rings (SSSR count). The first kappa shape index (κ1) is 12.3. The van der Waals surface area contributed by atoms with E-state index < -0.39 is 0 Å². The summed E-state index contributed by atoms with van der Waals surface area (Å²) in [6.45, 7) is 3.88. The molecule has 0 radical (unpaired) electrons. The van der Waals surface area contributed by atoms with Gasteiger partial charge in [0, 0.05) is 18.9 Å². The molecule has 1 aliphatic heterocycles. The number of amides is 1. The lowest BCUT2D eigenvalue weighted by Crippen LogP contribution is -2.48. The van der Waals surface area contributed by atoms with Crippen molar-refractivity contribution in [2.24, 2.45) is 0 Å². The number of pyridine rings is 1. The maximum atomic E-state index is 12.3. The van der Waals surface area contributed by atoms with Crippen LogP contribution in [-0.2, 0) is 4.74 Å². The highest BCUT2D eigenvalue weighted by molar-refractivity contribution is 6.30. The molecule has 4 nitrogen and oxygen atoms in total. The van der Waals surface area contributed by atoms with E-state index in [1.54, 1.807) is 12.3 Å². The van der Waals surface area contributed by atoms with Gasteiger partial charge in [-0.15, -0.1) is 0 Å². The molecule has 92 valence electrons. The quantitative estimate of drug-likeness (QED) is 0.811. The summed E-state index contributed by atoms with van der Waals surface area (Å²) in [4.78, 5) is 18.1. The number of aromatic nitrogens is 1. The number of morpholine rings is 1. The van der Waals surface area contributed by atoms with Crippen LogP contribution in [0.5, 0.6) is 0 Å². The Hall–Kier alpha value is -1.13. The Morgan fingerprint density at radius 3 is 3.18 bits per heavy atom. The molecular weight excluding hydrogens is 240 g/mol. The molecule has 1 aromatic rings. The molecule has 1 aliphatic rings. The Morgan fingerprint density at radius 1 is 1.65 bits per heavy atom. The van der Waals surface area contributed by atoms with Gasteiger partial charge in [0.2, 0.25) is 0 Å². The van der Waals surface area contributed by atoms with E-state index in [4.69, 9.17) is 16.3 Å². The zero-order valence-corrected chi connectivity index (χ0v) is 10.5. The van der Waals surface area contributed by atoms with Crippen LogP contribution < -0.4 is 0 Å². The van der Waals surface area contributed by atoms with Crippen molar-refractivity contribution < 1.29 is 9.53 Å². The van der Waals surface area contributed by atoms with Crippen molar-refractivity contribution >= 4 is 17.5 Å². The molecule has 0 saturated carbocycles. The van der Waals surface area contributed by atoms with Gasteiger partial charge in [0.15, 0.2) is 0 Å². The van der Waals surface area contributed by atoms with Gasteiger partial charge in [0.05, 0.1) is 29.8 Å². The molecule has 1 fully saturated rings. The second-order valence-electron chi connectivity index (χ2n) is 4.03. The Morgan fingerprint density at radius 2 is 2.47 bits per heavy atom. The number of carbonyl (C=O) groups is 1. The molecular formula is C12H15ClN2O2. The highest BCUT2D eigenvalue weighted by atomic mass is 35.5. The van der Waals surface area contributed by atoms with Gasteiger partial charge in [-0.05, 0) is 12.5 Å². The van der Waals surface area contributed by atoms with E-state index in [2.05, 4.69) is 11.9 Å². The molecule has 2 heterocycles. The van der Waals surface area contributed by atoms with Crippen LogP contribution in [-0.4, -0.2) is 41.6 Å². The van der Waals surface area contributed by atoms with Crippen molar-refractivity contribution in [2.45, 2.75) is 19.4 Å². The van der Waals surface area contributed by atoms with Gasteiger partial charge in [-0.2, -0.15) is 0 Å². The van der Waals surface area contributed by atoms with Crippen molar-refractivity contribution in [3.8, 4) is 0 Å². The highest BCUT2D eigenvalue weighted by Crippen LogP contribution is 2.16. The van der Waals surface area contributed by atoms with E-state index in [0.29, 0.717) is 30.3 Å². The van der Waals surface area contributed by atoms with Crippen molar-refractivity contribution in [1.29, 1.82) is 0 Å². The molecule has 1 aromatic heterocycles. The van der Waals surface area contributed by atoms with E-state index in [1.165, 1.54) is 6.20 Å². The van der Waals surface area contributed by atoms with Gasteiger partial charge in [0.1, 0.15) is 0 Å². The van der Waals surface area contributed by atoms with Crippen LogP contribution in [0.15, 0.2) is 18.5 Å². The fraction of sp³-hybridized carbons (Fsp3) is 0.500. The summed E-state index contributed by atoms with van der Waals surface area (Å²) in [7, 11) is 0. The van der Waals surface area contributed by atoms with Crippen LogP contribution in [0.4, 0.5) is 0 Å². The SMILES string of the molecule is CC[C@H]1COCCN1C(=O)c1cncc(Cl)c1. The molecule has 0 spiro atoms. The number of nitrogens with zero attached hydrogens (tertiary/aromatic N) is 2. The number of hydrogen-bond acceptors (Lipinski definition) is 3. The zero-order chi connectivity index (χ0) is 12.3. The maximum absolute atomic E-state index is 12.3.